The molecule has 0 spiro atoms. The summed E-state index contributed by atoms with van der Waals surface area (Å²) in [5, 5.41) is 8.36. The molecule has 2 N–H and O–H groups in total. The van der Waals surface area contributed by atoms with E-state index in [1.807, 2.05) is 33.8 Å². The van der Waals surface area contributed by atoms with Crippen LogP contribution in [0.5, 0.6) is 0 Å². The summed E-state index contributed by atoms with van der Waals surface area (Å²) in [6.45, 7) is 8.00. The molecule has 0 aliphatic rings. The number of hydrogen-bond acceptors (Lipinski definition) is 2. The smallest absolute Gasteiger partial charge is 0.0992 e. The van der Waals surface area contributed by atoms with Gasteiger partial charge in [-0.1, -0.05) is 33.8 Å². The maximum Gasteiger partial charge on any atom is 0.0992 e. The van der Waals surface area contributed by atoms with Crippen molar-refractivity contribution in [2.24, 2.45) is 0 Å². The van der Waals surface area contributed by atoms with Crippen molar-refractivity contribution in [3.8, 4) is 6.07 Å². The van der Waals surface area contributed by atoms with Crippen LogP contribution in [0, 0.1) is 11.3 Å². The molecule has 0 saturated heterocycles. The topological polar surface area (TPSA) is 49.8 Å². The molecule has 1 aromatic carbocycles. The van der Waals surface area contributed by atoms with Gasteiger partial charge in [0, 0.05) is 5.69 Å². The van der Waals surface area contributed by atoms with Crippen molar-refractivity contribution in [3.05, 3.63) is 29.8 Å². The van der Waals surface area contributed by atoms with Crippen molar-refractivity contribution >= 4 is 5.69 Å². The second-order valence-corrected chi connectivity index (χ2v) is 1.74. The maximum atomic E-state index is 8.36. The van der Waals surface area contributed by atoms with Gasteiger partial charge in [0.1, 0.15) is 0 Å². The predicted molar refractivity (Wildman–Crippen MR) is 58.3 cm³/mol. The third-order valence-electron chi connectivity index (χ3n) is 1.02. The van der Waals surface area contributed by atoms with E-state index in [1.54, 1.807) is 24.3 Å². The highest BCUT2D eigenvalue weighted by molar-refractivity contribution is 5.44. The van der Waals surface area contributed by atoms with Crippen LogP contribution in [-0.4, -0.2) is 0 Å². The summed E-state index contributed by atoms with van der Waals surface area (Å²) < 4.78 is 0. The standard InChI is InChI=1S/C7H6N2.2C2H6/c8-5-6-2-1-3-7(9)4-6;2*1-2/h1-4H,9H2;2*1-2H3. The van der Waals surface area contributed by atoms with Crippen molar-refractivity contribution in [2.75, 3.05) is 5.73 Å². The van der Waals surface area contributed by atoms with Crippen LogP contribution in [0.4, 0.5) is 5.69 Å². The molecule has 0 saturated carbocycles. The summed E-state index contributed by atoms with van der Waals surface area (Å²) in [4.78, 5) is 0. The SMILES string of the molecule is CC.CC.N#Cc1cccc(N)c1. The number of hydrogen-bond donors (Lipinski definition) is 1. The Hall–Kier alpha value is -1.49. The van der Waals surface area contributed by atoms with E-state index in [-0.39, 0.29) is 0 Å². The first-order valence-electron chi connectivity index (χ1n) is 4.58. The lowest BCUT2D eigenvalue weighted by Gasteiger charge is -1.89. The Morgan fingerprint density at radius 3 is 2.00 bits per heavy atom. The Labute approximate surface area is 81.0 Å². The minimum absolute atomic E-state index is 0.606. The van der Waals surface area contributed by atoms with Gasteiger partial charge in [0.25, 0.3) is 0 Å². The molecule has 0 heterocycles. The maximum absolute atomic E-state index is 8.36. The fourth-order valence-corrected chi connectivity index (χ4v) is 0.608. The summed E-state index contributed by atoms with van der Waals surface area (Å²) in [6.07, 6.45) is 0. The molecule has 0 atom stereocenters. The third-order valence-corrected chi connectivity index (χ3v) is 1.02. The lowest BCUT2D eigenvalue weighted by molar-refractivity contribution is 1.48. The van der Waals surface area contributed by atoms with Crippen molar-refractivity contribution in [1.82, 2.24) is 0 Å². The molecule has 0 aromatic heterocycles. The fraction of sp³-hybridized carbons (Fsp3) is 0.364. The normalized spacial score (nSPS) is 6.69. The minimum atomic E-state index is 0.606. The molecular weight excluding hydrogens is 160 g/mol. The highest BCUT2D eigenvalue weighted by Crippen LogP contribution is 2.03. The second-order valence-electron chi connectivity index (χ2n) is 1.74. The van der Waals surface area contributed by atoms with Crippen molar-refractivity contribution in [1.29, 1.82) is 5.26 Å². The van der Waals surface area contributed by atoms with Crippen LogP contribution in [0.3, 0.4) is 0 Å². The number of nitrogen functional groups attached to an aromatic ring is 1. The summed E-state index contributed by atoms with van der Waals surface area (Å²) in [6, 6.07) is 8.85. The third kappa shape index (κ3) is 6.89. The van der Waals surface area contributed by atoms with Gasteiger partial charge in [-0.2, -0.15) is 5.26 Å². The van der Waals surface area contributed by atoms with Crippen LogP contribution in [0.1, 0.15) is 33.3 Å². The number of nitrogens with two attached hydrogens (primary N) is 1. The molecule has 0 aliphatic carbocycles. The van der Waals surface area contributed by atoms with E-state index >= 15 is 0 Å². The van der Waals surface area contributed by atoms with E-state index in [4.69, 9.17) is 11.0 Å². The van der Waals surface area contributed by atoms with Gasteiger partial charge in [0.2, 0.25) is 0 Å². The van der Waals surface area contributed by atoms with Crippen molar-refractivity contribution in [2.45, 2.75) is 27.7 Å². The Bertz CT molecular complexity index is 249. The zero-order valence-corrected chi connectivity index (χ0v) is 8.83. The highest BCUT2D eigenvalue weighted by Gasteiger charge is 1.86. The Balaban J connectivity index is 0. The zero-order chi connectivity index (χ0) is 10.7. The molecule has 0 fully saturated rings. The van der Waals surface area contributed by atoms with Gasteiger partial charge in [-0.15, -0.1) is 0 Å². The first-order valence-corrected chi connectivity index (χ1v) is 4.58. The summed E-state index contributed by atoms with van der Waals surface area (Å²) in [7, 11) is 0. The van der Waals surface area contributed by atoms with Crippen molar-refractivity contribution < 1.29 is 0 Å². The summed E-state index contributed by atoms with van der Waals surface area (Å²) >= 11 is 0. The Morgan fingerprint density at radius 2 is 1.69 bits per heavy atom. The molecule has 0 amide bonds. The predicted octanol–water partition coefficient (Wildman–Crippen LogP) is 3.19. The van der Waals surface area contributed by atoms with Gasteiger partial charge in [0.05, 0.1) is 11.6 Å². The lowest BCUT2D eigenvalue weighted by Crippen LogP contribution is -1.83. The van der Waals surface area contributed by atoms with Gasteiger partial charge >= 0.3 is 0 Å². The second kappa shape index (κ2) is 10.5. The van der Waals surface area contributed by atoms with Crippen LogP contribution in [0.15, 0.2) is 24.3 Å². The average molecular weight is 178 g/mol. The van der Waals surface area contributed by atoms with E-state index in [2.05, 4.69) is 0 Å². The summed E-state index contributed by atoms with van der Waals surface area (Å²) in [5.74, 6) is 0. The average Bonchev–Trinajstić information content (AvgIpc) is 2.24. The number of benzene rings is 1. The van der Waals surface area contributed by atoms with Crippen LogP contribution in [-0.2, 0) is 0 Å². The molecule has 2 nitrogen and oxygen atoms in total. The van der Waals surface area contributed by atoms with Gasteiger partial charge in [0.15, 0.2) is 0 Å². The number of nitrogens with zero attached hydrogens (tertiary/aromatic N) is 1. The van der Waals surface area contributed by atoms with Gasteiger partial charge in [-0.25, -0.2) is 0 Å². The molecule has 0 unspecified atom stereocenters. The number of nitriles is 1. The molecule has 13 heavy (non-hydrogen) atoms. The first kappa shape index (κ1) is 14.1. The molecule has 0 aliphatic heterocycles. The Morgan fingerprint density at radius 1 is 1.15 bits per heavy atom. The lowest BCUT2D eigenvalue weighted by atomic mass is 10.2. The Kier molecular flexibility index (Phi) is 11.4. The molecule has 0 bridgehead atoms. The number of anilines is 1. The van der Waals surface area contributed by atoms with Gasteiger partial charge < -0.3 is 5.73 Å². The fourth-order valence-electron chi connectivity index (χ4n) is 0.608. The first-order chi connectivity index (χ1) is 6.33. The molecule has 1 rings (SSSR count). The highest BCUT2D eigenvalue weighted by atomic mass is 14.5. The molecular formula is C11H18N2. The largest absolute Gasteiger partial charge is 0.399 e. The molecule has 2 heteroatoms. The van der Waals surface area contributed by atoms with Crippen LogP contribution < -0.4 is 5.73 Å². The molecule has 1 aromatic rings. The van der Waals surface area contributed by atoms with E-state index in [0.717, 1.165) is 0 Å². The van der Waals surface area contributed by atoms with Gasteiger partial charge in [-0.05, 0) is 18.2 Å². The monoisotopic (exact) mass is 178 g/mol. The van der Waals surface area contributed by atoms with E-state index in [9.17, 15) is 0 Å². The van der Waals surface area contributed by atoms with E-state index < -0.39 is 0 Å². The van der Waals surface area contributed by atoms with Gasteiger partial charge in [-0.3, -0.25) is 0 Å². The minimum Gasteiger partial charge on any atom is -0.399 e. The zero-order valence-electron chi connectivity index (χ0n) is 8.83. The molecule has 0 radical (unpaired) electrons. The number of rotatable bonds is 0. The van der Waals surface area contributed by atoms with Crippen LogP contribution >= 0.6 is 0 Å². The summed E-state index contributed by atoms with van der Waals surface area (Å²) in [5.41, 5.74) is 6.62. The van der Waals surface area contributed by atoms with Crippen LogP contribution in [0.25, 0.3) is 0 Å². The van der Waals surface area contributed by atoms with E-state index in [1.165, 1.54) is 0 Å². The molecule has 72 valence electrons. The van der Waals surface area contributed by atoms with Crippen LogP contribution in [0.2, 0.25) is 0 Å². The van der Waals surface area contributed by atoms with Crippen molar-refractivity contribution in [3.63, 3.8) is 0 Å². The quantitative estimate of drug-likeness (QED) is 0.620. The van der Waals surface area contributed by atoms with E-state index in [0.29, 0.717) is 11.3 Å².